The van der Waals surface area contributed by atoms with Gasteiger partial charge in [0.15, 0.2) is 0 Å². The van der Waals surface area contributed by atoms with E-state index in [9.17, 15) is 5.11 Å². The van der Waals surface area contributed by atoms with Crippen LogP contribution in [0.2, 0.25) is 0 Å². The molecule has 0 bridgehead atoms. The van der Waals surface area contributed by atoms with Crippen molar-refractivity contribution in [3.63, 3.8) is 0 Å². The van der Waals surface area contributed by atoms with Crippen molar-refractivity contribution in [3.05, 3.63) is 11.9 Å². The van der Waals surface area contributed by atoms with Crippen molar-refractivity contribution in [2.24, 2.45) is 5.92 Å². The molecule has 1 rings (SSSR count). The molecule has 1 aromatic heterocycles. The fourth-order valence-corrected chi connectivity index (χ4v) is 2.21. The van der Waals surface area contributed by atoms with Crippen LogP contribution in [0.25, 0.3) is 0 Å². The Morgan fingerprint density at radius 1 is 1.14 bits per heavy atom. The normalized spacial score (nSPS) is 13.3. The second-order valence-electron chi connectivity index (χ2n) is 6.49. The van der Waals surface area contributed by atoms with Crippen LogP contribution >= 0.6 is 0 Å². The molecule has 120 valence electrons. The van der Waals surface area contributed by atoms with Crippen LogP contribution in [0.1, 0.15) is 53.3 Å². The smallest absolute Gasteiger partial charge is 0.138 e. The van der Waals surface area contributed by atoms with Gasteiger partial charge in [-0.1, -0.05) is 47.5 Å². The summed E-state index contributed by atoms with van der Waals surface area (Å²) >= 11 is 0. The number of hydrogen-bond donors (Lipinski definition) is 3. The van der Waals surface area contributed by atoms with E-state index in [4.69, 9.17) is 0 Å². The minimum atomic E-state index is -0.355. The molecule has 0 spiro atoms. The van der Waals surface area contributed by atoms with E-state index in [2.05, 4.69) is 55.2 Å². The highest BCUT2D eigenvalue weighted by Gasteiger charge is 2.20. The second-order valence-corrected chi connectivity index (χ2v) is 6.49. The zero-order chi connectivity index (χ0) is 16.0. The van der Waals surface area contributed by atoms with Gasteiger partial charge in [-0.25, -0.2) is 9.97 Å². The van der Waals surface area contributed by atoms with Crippen molar-refractivity contribution in [1.82, 2.24) is 9.97 Å². The van der Waals surface area contributed by atoms with Crippen molar-refractivity contribution in [1.29, 1.82) is 0 Å². The molecule has 0 aliphatic heterocycles. The highest BCUT2D eigenvalue weighted by Crippen LogP contribution is 2.22. The van der Waals surface area contributed by atoms with E-state index >= 15 is 0 Å². The van der Waals surface area contributed by atoms with E-state index in [0.717, 1.165) is 30.3 Å². The highest BCUT2D eigenvalue weighted by molar-refractivity contribution is 5.47. The standard InChI is InChI=1S/C16H30N4O/c1-7-11(8-2)12(21)10-18-14-9-13(17-6)19-15(20-14)16(3,4)5/h9,11-12,21H,7-8,10H2,1-6H3,(H2,17,18,19,20). The first-order chi connectivity index (χ1) is 9.81. The summed E-state index contributed by atoms with van der Waals surface area (Å²) in [6, 6.07) is 1.87. The third kappa shape index (κ3) is 5.16. The third-order valence-electron chi connectivity index (χ3n) is 3.74. The summed E-state index contributed by atoms with van der Waals surface area (Å²) in [6.45, 7) is 11.0. The SMILES string of the molecule is CCC(CC)C(O)CNc1cc(NC)nc(C(C)(C)C)n1. The largest absolute Gasteiger partial charge is 0.391 e. The van der Waals surface area contributed by atoms with Gasteiger partial charge in [-0.05, 0) is 5.92 Å². The van der Waals surface area contributed by atoms with Crippen LogP contribution in [0, 0.1) is 5.92 Å². The molecule has 0 aliphatic rings. The summed E-state index contributed by atoms with van der Waals surface area (Å²) < 4.78 is 0. The predicted octanol–water partition coefficient (Wildman–Crippen LogP) is 3.02. The zero-order valence-electron chi connectivity index (χ0n) is 14.2. The minimum absolute atomic E-state index is 0.114. The first-order valence-electron chi connectivity index (χ1n) is 7.81. The Morgan fingerprint density at radius 2 is 1.71 bits per heavy atom. The van der Waals surface area contributed by atoms with Crippen molar-refractivity contribution in [3.8, 4) is 0 Å². The molecule has 0 saturated carbocycles. The van der Waals surface area contributed by atoms with Gasteiger partial charge in [0.05, 0.1) is 6.10 Å². The van der Waals surface area contributed by atoms with Crippen molar-refractivity contribution in [2.45, 2.75) is 59.0 Å². The Labute approximate surface area is 128 Å². The van der Waals surface area contributed by atoms with Gasteiger partial charge in [-0.15, -0.1) is 0 Å². The van der Waals surface area contributed by atoms with Gasteiger partial charge < -0.3 is 15.7 Å². The van der Waals surface area contributed by atoms with Crippen LogP contribution in [0.3, 0.4) is 0 Å². The van der Waals surface area contributed by atoms with Gasteiger partial charge in [-0.3, -0.25) is 0 Å². The maximum Gasteiger partial charge on any atom is 0.138 e. The van der Waals surface area contributed by atoms with Crippen LogP contribution in [-0.2, 0) is 5.41 Å². The number of aliphatic hydroxyl groups is 1. The Kier molecular flexibility index (Phi) is 6.40. The van der Waals surface area contributed by atoms with Crippen molar-refractivity contribution >= 4 is 11.6 Å². The summed E-state index contributed by atoms with van der Waals surface area (Å²) in [4.78, 5) is 9.06. The predicted molar refractivity (Wildman–Crippen MR) is 88.8 cm³/mol. The molecule has 1 heterocycles. The third-order valence-corrected chi connectivity index (χ3v) is 3.74. The summed E-state index contributed by atoms with van der Waals surface area (Å²) in [7, 11) is 1.84. The first kappa shape index (κ1) is 17.7. The van der Waals surface area contributed by atoms with E-state index in [1.807, 2.05) is 13.1 Å². The molecule has 0 saturated heterocycles. The lowest BCUT2D eigenvalue weighted by Gasteiger charge is -2.22. The Balaban J connectivity index is 2.83. The molecule has 1 aromatic rings. The molecule has 0 amide bonds. The molecule has 3 N–H and O–H groups in total. The van der Waals surface area contributed by atoms with E-state index in [-0.39, 0.29) is 11.5 Å². The fraction of sp³-hybridized carbons (Fsp3) is 0.750. The lowest BCUT2D eigenvalue weighted by atomic mass is 9.95. The van der Waals surface area contributed by atoms with Crippen molar-refractivity contribution in [2.75, 3.05) is 24.2 Å². The van der Waals surface area contributed by atoms with E-state index < -0.39 is 0 Å². The van der Waals surface area contributed by atoms with Gasteiger partial charge in [0, 0.05) is 25.1 Å². The van der Waals surface area contributed by atoms with Crippen LogP contribution < -0.4 is 10.6 Å². The molecule has 0 aromatic carbocycles. The fourth-order valence-electron chi connectivity index (χ4n) is 2.21. The van der Waals surface area contributed by atoms with Gasteiger partial charge in [0.25, 0.3) is 0 Å². The van der Waals surface area contributed by atoms with Gasteiger partial charge in [-0.2, -0.15) is 0 Å². The first-order valence-corrected chi connectivity index (χ1v) is 7.81. The minimum Gasteiger partial charge on any atom is -0.391 e. The van der Waals surface area contributed by atoms with Crippen LogP contribution in [0.5, 0.6) is 0 Å². The molecular formula is C16H30N4O. The molecule has 5 heteroatoms. The molecule has 0 radical (unpaired) electrons. The lowest BCUT2D eigenvalue weighted by Crippen LogP contribution is -2.28. The van der Waals surface area contributed by atoms with E-state index in [1.54, 1.807) is 0 Å². The van der Waals surface area contributed by atoms with Crippen LogP contribution in [0.4, 0.5) is 11.6 Å². The topological polar surface area (TPSA) is 70.1 Å². The van der Waals surface area contributed by atoms with E-state index in [1.165, 1.54) is 0 Å². The summed E-state index contributed by atoms with van der Waals surface area (Å²) in [6.07, 6.45) is 1.61. The molecular weight excluding hydrogens is 264 g/mol. The Morgan fingerprint density at radius 3 is 2.19 bits per heavy atom. The van der Waals surface area contributed by atoms with Crippen LogP contribution in [0.15, 0.2) is 6.07 Å². The number of anilines is 2. The molecule has 0 aliphatic carbocycles. The second kappa shape index (κ2) is 7.59. The molecule has 0 fully saturated rings. The Hall–Kier alpha value is -1.36. The molecule has 5 nitrogen and oxygen atoms in total. The van der Waals surface area contributed by atoms with Gasteiger partial charge in [0.2, 0.25) is 0 Å². The maximum atomic E-state index is 10.2. The van der Waals surface area contributed by atoms with Crippen molar-refractivity contribution < 1.29 is 5.11 Å². The highest BCUT2D eigenvalue weighted by atomic mass is 16.3. The number of hydrogen-bond acceptors (Lipinski definition) is 5. The monoisotopic (exact) mass is 294 g/mol. The molecule has 21 heavy (non-hydrogen) atoms. The zero-order valence-corrected chi connectivity index (χ0v) is 14.2. The maximum absolute atomic E-state index is 10.2. The molecule has 1 unspecified atom stereocenters. The van der Waals surface area contributed by atoms with Gasteiger partial charge >= 0.3 is 0 Å². The number of aliphatic hydroxyl groups excluding tert-OH is 1. The number of aromatic nitrogens is 2. The Bertz CT molecular complexity index is 438. The number of nitrogens with one attached hydrogen (secondary N) is 2. The van der Waals surface area contributed by atoms with E-state index in [0.29, 0.717) is 12.5 Å². The quantitative estimate of drug-likeness (QED) is 0.721. The van der Waals surface area contributed by atoms with Gasteiger partial charge in [0.1, 0.15) is 17.5 Å². The summed E-state index contributed by atoms with van der Waals surface area (Å²) in [5.41, 5.74) is -0.114. The summed E-state index contributed by atoms with van der Waals surface area (Å²) in [5.74, 6) is 2.65. The number of rotatable bonds is 7. The average Bonchev–Trinajstić information content (AvgIpc) is 2.45. The molecule has 1 atom stereocenters. The average molecular weight is 294 g/mol. The van der Waals surface area contributed by atoms with Crippen LogP contribution in [-0.4, -0.2) is 34.8 Å². The number of nitrogens with zero attached hydrogens (tertiary/aromatic N) is 2. The lowest BCUT2D eigenvalue weighted by molar-refractivity contribution is 0.114. The summed E-state index contributed by atoms with van der Waals surface area (Å²) in [5, 5.41) is 16.5.